The van der Waals surface area contributed by atoms with Crippen molar-refractivity contribution in [2.45, 2.75) is 0 Å². The highest BCUT2D eigenvalue weighted by Crippen LogP contribution is 2.47. The Morgan fingerprint density at radius 2 is 1.04 bits per heavy atom. The highest BCUT2D eigenvalue weighted by molar-refractivity contribution is 7.26. The van der Waals surface area contributed by atoms with Crippen LogP contribution in [0.15, 0.2) is 170 Å². The van der Waals surface area contributed by atoms with Gasteiger partial charge in [0, 0.05) is 63.4 Å². The van der Waals surface area contributed by atoms with E-state index in [1.165, 1.54) is 96.7 Å². The van der Waals surface area contributed by atoms with E-state index in [1.807, 2.05) is 11.3 Å². The van der Waals surface area contributed by atoms with Crippen LogP contribution in [-0.2, 0) is 0 Å². The summed E-state index contributed by atoms with van der Waals surface area (Å²) in [5, 5.41) is 11.5. The van der Waals surface area contributed by atoms with Crippen molar-refractivity contribution >= 4 is 91.3 Å². The second-order valence-electron chi connectivity index (χ2n) is 13.9. The van der Waals surface area contributed by atoms with Crippen LogP contribution in [-0.4, -0.2) is 9.38 Å². The number of thiophene rings is 1. The van der Waals surface area contributed by atoms with Gasteiger partial charge < -0.3 is 4.40 Å². The van der Waals surface area contributed by atoms with Gasteiger partial charge in [0.1, 0.15) is 0 Å². The van der Waals surface area contributed by atoms with Crippen LogP contribution in [0.25, 0.3) is 113 Å². The molecule has 0 aliphatic rings. The van der Waals surface area contributed by atoms with E-state index in [0.717, 1.165) is 16.8 Å². The van der Waals surface area contributed by atoms with Crippen LogP contribution in [0.5, 0.6) is 0 Å². The third kappa shape index (κ3) is 3.80. The van der Waals surface area contributed by atoms with Gasteiger partial charge in [-0.3, -0.25) is 0 Å². The fourth-order valence-electron chi connectivity index (χ4n) is 8.83. The molecule has 0 fully saturated rings. The van der Waals surface area contributed by atoms with Crippen molar-refractivity contribution in [3.05, 3.63) is 170 Å². The SMILES string of the molecule is c1ccc(-c2nc3ccccc3c3c2ccc2sc4c(-c5ccc(-c6cc7c8ccccc8n8c9ccccc9c(c6)c78)cc5)cccc4c23)cc1. The molecule has 0 saturated carbocycles. The van der Waals surface area contributed by atoms with Crippen LogP contribution in [0, 0.1) is 0 Å². The largest absolute Gasteiger partial charge is 0.308 e. The summed E-state index contributed by atoms with van der Waals surface area (Å²) in [6, 6.07) is 62.2. The molecule has 0 amide bonds. The van der Waals surface area contributed by atoms with Crippen molar-refractivity contribution < 1.29 is 0 Å². The Labute approximate surface area is 302 Å². The number of hydrogen-bond acceptors (Lipinski definition) is 2. The summed E-state index contributed by atoms with van der Waals surface area (Å²) in [7, 11) is 0. The van der Waals surface area contributed by atoms with Gasteiger partial charge in [0.05, 0.1) is 27.8 Å². The van der Waals surface area contributed by atoms with Gasteiger partial charge in [0.15, 0.2) is 0 Å². The summed E-state index contributed by atoms with van der Waals surface area (Å²) in [4.78, 5) is 5.20. The van der Waals surface area contributed by atoms with E-state index in [-0.39, 0.29) is 0 Å². The minimum atomic E-state index is 1.03. The number of pyridine rings is 1. The summed E-state index contributed by atoms with van der Waals surface area (Å²) in [5.74, 6) is 0. The Balaban J connectivity index is 1.05. The van der Waals surface area contributed by atoms with E-state index in [9.17, 15) is 0 Å². The highest BCUT2D eigenvalue weighted by Gasteiger charge is 2.20. The van der Waals surface area contributed by atoms with Crippen LogP contribution >= 0.6 is 11.3 Å². The van der Waals surface area contributed by atoms with Crippen LogP contribution in [0.4, 0.5) is 0 Å². The van der Waals surface area contributed by atoms with E-state index < -0.39 is 0 Å². The number of rotatable bonds is 3. The lowest BCUT2D eigenvalue weighted by atomic mass is 9.94. The predicted molar refractivity (Wildman–Crippen MR) is 223 cm³/mol. The van der Waals surface area contributed by atoms with Gasteiger partial charge in [-0.1, -0.05) is 133 Å². The zero-order valence-corrected chi connectivity index (χ0v) is 28.8. The second kappa shape index (κ2) is 10.5. The van der Waals surface area contributed by atoms with E-state index in [4.69, 9.17) is 4.98 Å². The third-order valence-electron chi connectivity index (χ3n) is 11.1. The molecule has 0 atom stereocenters. The topological polar surface area (TPSA) is 17.3 Å². The first-order valence-electron chi connectivity index (χ1n) is 17.8. The lowest BCUT2D eigenvalue weighted by Gasteiger charge is -2.11. The van der Waals surface area contributed by atoms with Crippen molar-refractivity contribution in [2.24, 2.45) is 0 Å². The molecule has 4 aromatic heterocycles. The summed E-state index contributed by atoms with van der Waals surface area (Å²) in [5.41, 5.74) is 12.0. The first-order valence-corrected chi connectivity index (χ1v) is 18.6. The smallest absolute Gasteiger partial charge is 0.0788 e. The molecule has 0 unspecified atom stereocenters. The van der Waals surface area contributed by atoms with Crippen LogP contribution < -0.4 is 0 Å². The minimum absolute atomic E-state index is 1.03. The van der Waals surface area contributed by atoms with Crippen molar-refractivity contribution in [2.75, 3.05) is 0 Å². The molecule has 0 N–H and O–H groups in total. The molecule has 0 bridgehead atoms. The van der Waals surface area contributed by atoms with Gasteiger partial charge in [0.2, 0.25) is 0 Å². The fraction of sp³-hybridized carbons (Fsp3) is 0. The van der Waals surface area contributed by atoms with Crippen molar-refractivity contribution in [3.8, 4) is 33.5 Å². The lowest BCUT2D eigenvalue weighted by molar-refractivity contribution is 1.37. The number of nitrogens with zero attached hydrogens (tertiary/aromatic N) is 2. The Hall–Kier alpha value is -6.55. The quantitative estimate of drug-likeness (QED) is 0.170. The Kier molecular flexibility index (Phi) is 5.68. The number of fused-ring (bicyclic) bond motifs is 13. The molecule has 8 aromatic carbocycles. The molecule has 4 heterocycles. The Morgan fingerprint density at radius 3 is 1.79 bits per heavy atom. The molecule has 0 saturated heterocycles. The molecule has 0 spiro atoms. The summed E-state index contributed by atoms with van der Waals surface area (Å²) in [6.07, 6.45) is 0. The van der Waals surface area contributed by atoms with Crippen molar-refractivity contribution in [1.29, 1.82) is 0 Å². The molecule has 0 radical (unpaired) electrons. The molecule has 2 nitrogen and oxygen atoms in total. The molecule has 0 aliphatic carbocycles. The molecule has 240 valence electrons. The molecular formula is C49H28N2S. The number of para-hydroxylation sites is 3. The van der Waals surface area contributed by atoms with Crippen LogP contribution in [0.1, 0.15) is 0 Å². The number of aromatic nitrogens is 2. The van der Waals surface area contributed by atoms with Gasteiger partial charge in [-0.05, 0) is 58.7 Å². The van der Waals surface area contributed by atoms with E-state index in [0.29, 0.717) is 0 Å². The average Bonchev–Trinajstić information content (AvgIpc) is 3.88. The first-order chi connectivity index (χ1) is 25.8. The summed E-state index contributed by atoms with van der Waals surface area (Å²) >= 11 is 1.89. The normalized spacial score (nSPS) is 12.2. The van der Waals surface area contributed by atoms with E-state index in [1.54, 1.807) is 0 Å². The molecule has 52 heavy (non-hydrogen) atoms. The highest BCUT2D eigenvalue weighted by atomic mass is 32.1. The zero-order chi connectivity index (χ0) is 33.9. The second-order valence-corrected chi connectivity index (χ2v) is 14.9. The zero-order valence-electron chi connectivity index (χ0n) is 28.0. The maximum Gasteiger partial charge on any atom is 0.0788 e. The molecule has 12 aromatic rings. The fourth-order valence-corrected chi connectivity index (χ4v) is 10.1. The van der Waals surface area contributed by atoms with Crippen LogP contribution in [0.2, 0.25) is 0 Å². The average molecular weight is 677 g/mol. The lowest BCUT2D eigenvalue weighted by Crippen LogP contribution is -1.90. The Morgan fingerprint density at radius 1 is 0.404 bits per heavy atom. The molecular weight excluding hydrogens is 649 g/mol. The standard InChI is InChI=1S/C49H28N2S/c1-2-11-31(12-3-1)47-37-25-26-44-46(45(37)36-15-4-7-18-41(36)50-47)38-17-10-16-33(49(38)52-44)30-23-21-29(22-24-30)32-27-39-34-13-5-8-19-42(34)51-43-20-9-6-14-35(43)40(28-32)48(39)51/h1-28H. The monoisotopic (exact) mass is 676 g/mol. The first kappa shape index (κ1) is 28.2. The molecule has 3 heteroatoms. The molecule has 12 rings (SSSR count). The van der Waals surface area contributed by atoms with Crippen LogP contribution in [0.3, 0.4) is 0 Å². The van der Waals surface area contributed by atoms with Gasteiger partial charge in [-0.2, -0.15) is 0 Å². The van der Waals surface area contributed by atoms with Gasteiger partial charge in [-0.15, -0.1) is 11.3 Å². The van der Waals surface area contributed by atoms with Gasteiger partial charge >= 0.3 is 0 Å². The van der Waals surface area contributed by atoms with E-state index >= 15 is 0 Å². The summed E-state index contributed by atoms with van der Waals surface area (Å²) < 4.78 is 5.06. The summed E-state index contributed by atoms with van der Waals surface area (Å²) in [6.45, 7) is 0. The maximum absolute atomic E-state index is 5.20. The minimum Gasteiger partial charge on any atom is -0.308 e. The Bertz CT molecular complexity index is 3300. The predicted octanol–water partition coefficient (Wildman–Crippen LogP) is 13.9. The van der Waals surface area contributed by atoms with Crippen molar-refractivity contribution in [3.63, 3.8) is 0 Å². The number of hydrogen-bond donors (Lipinski definition) is 0. The van der Waals surface area contributed by atoms with Crippen molar-refractivity contribution in [1.82, 2.24) is 9.38 Å². The number of benzene rings is 8. The molecule has 0 aliphatic heterocycles. The van der Waals surface area contributed by atoms with Gasteiger partial charge in [0.25, 0.3) is 0 Å². The third-order valence-corrected chi connectivity index (χ3v) is 12.3. The maximum atomic E-state index is 5.20. The van der Waals surface area contributed by atoms with Gasteiger partial charge in [-0.25, -0.2) is 4.98 Å². The van der Waals surface area contributed by atoms with E-state index in [2.05, 4.69) is 174 Å².